The summed E-state index contributed by atoms with van der Waals surface area (Å²) in [6, 6.07) is 6.15. The van der Waals surface area contributed by atoms with Gasteiger partial charge in [0.05, 0.1) is 23.1 Å². The Labute approximate surface area is 144 Å². The lowest BCUT2D eigenvalue weighted by molar-refractivity contribution is -0.385. The van der Waals surface area contributed by atoms with Gasteiger partial charge in [0, 0.05) is 16.5 Å². The molecule has 0 fully saturated rings. The van der Waals surface area contributed by atoms with E-state index in [1.54, 1.807) is 29.5 Å². The van der Waals surface area contributed by atoms with Crippen LogP contribution in [0.25, 0.3) is 0 Å². The van der Waals surface area contributed by atoms with Gasteiger partial charge in [-0.3, -0.25) is 14.9 Å². The molecule has 1 aromatic carbocycles. The summed E-state index contributed by atoms with van der Waals surface area (Å²) in [6.45, 7) is 1.90. The number of aromatic nitrogens is 1. The summed E-state index contributed by atoms with van der Waals surface area (Å²) in [5.41, 5.74) is 1.57. The van der Waals surface area contributed by atoms with Crippen LogP contribution in [-0.4, -0.2) is 15.8 Å². The van der Waals surface area contributed by atoms with Crippen LogP contribution in [0.15, 0.2) is 24.3 Å². The number of nitrogens with zero attached hydrogens (tertiary/aromatic N) is 2. The van der Waals surface area contributed by atoms with Crippen molar-refractivity contribution >= 4 is 22.9 Å². The maximum atomic E-state index is 12.3. The zero-order valence-electron chi connectivity index (χ0n) is 13.4. The van der Waals surface area contributed by atoms with Crippen LogP contribution in [0.2, 0.25) is 0 Å². The fraction of sp³-hybridized carbons (Fsp3) is 0.412. The lowest BCUT2D eigenvalue weighted by Gasteiger charge is -2.11. The van der Waals surface area contributed by atoms with Gasteiger partial charge < -0.3 is 5.32 Å². The number of amides is 1. The predicted octanol–water partition coefficient (Wildman–Crippen LogP) is 3.35. The second-order valence-electron chi connectivity index (χ2n) is 5.98. The van der Waals surface area contributed by atoms with E-state index < -0.39 is 4.92 Å². The molecule has 126 valence electrons. The molecule has 24 heavy (non-hydrogen) atoms. The molecule has 0 aliphatic heterocycles. The van der Waals surface area contributed by atoms with Gasteiger partial charge in [0.25, 0.3) is 5.69 Å². The molecule has 1 aliphatic carbocycles. The van der Waals surface area contributed by atoms with E-state index in [9.17, 15) is 14.9 Å². The van der Waals surface area contributed by atoms with Crippen molar-refractivity contribution in [2.24, 2.45) is 0 Å². The number of nitrogens with one attached hydrogen (secondary N) is 1. The average molecular weight is 345 g/mol. The maximum absolute atomic E-state index is 12.3. The van der Waals surface area contributed by atoms with E-state index >= 15 is 0 Å². The van der Waals surface area contributed by atoms with Gasteiger partial charge in [0.2, 0.25) is 5.91 Å². The van der Waals surface area contributed by atoms with E-state index in [0.717, 1.165) is 17.8 Å². The molecular formula is C17H19N3O3S. The lowest BCUT2D eigenvalue weighted by Crippen LogP contribution is -2.28. The number of nitro groups is 1. The van der Waals surface area contributed by atoms with Crippen LogP contribution in [0.4, 0.5) is 5.69 Å². The summed E-state index contributed by atoms with van der Waals surface area (Å²) >= 11 is 1.67. The number of rotatable bonds is 5. The Morgan fingerprint density at radius 3 is 2.88 bits per heavy atom. The highest BCUT2D eigenvalue weighted by molar-refractivity contribution is 7.11. The number of para-hydroxylation sites is 1. The minimum absolute atomic E-state index is 0.00736. The molecule has 3 rings (SSSR count). The number of hydrogen-bond donors (Lipinski definition) is 1. The third-order valence-corrected chi connectivity index (χ3v) is 5.49. The first-order valence-corrected chi connectivity index (χ1v) is 8.86. The van der Waals surface area contributed by atoms with E-state index in [4.69, 9.17) is 0 Å². The van der Waals surface area contributed by atoms with Crippen LogP contribution >= 0.6 is 11.3 Å². The molecule has 1 unspecified atom stereocenters. The molecule has 1 amide bonds. The summed E-state index contributed by atoms with van der Waals surface area (Å²) in [7, 11) is 0. The van der Waals surface area contributed by atoms with Crippen LogP contribution in [0.3, 0.4) is 0 Å². The highest BCUT2D eigenvalue weighted by Crippen LogP contribution is 2.29. The number of carbonyl (C=O) groups excluding carboxylic acids is 1. The SMILES string of the molecule is CC(NC(=O)Cc1ccccc1[N+](=O)[O-])c1nc2c(s1)CCCC2. The molecule has 0 bridgehead atoms. The van der Waals surface area contributed by atoms with Crippen LogP contribution in [0.1, 0.15) is 46.9 Å². The molecule has 6 nitrogen and oxygen atoms in total. The second-order valence-corrected chi connectivity index (χ2v) is 7.10. The van der Waals surface area contributed by atoms with Gasteiger partial charge in [0.15, 0.2) is 0 Å². The van der Waals surface area contributed by atoms with Gasteiger partial charge in [-0.2, -0.15) is 0 Å². The third-order valence-electron chi connectivity index (χ3n) is 4.15. The maximum Gasteiger partial charge on any atom is 0.273 e. The molecule has 1 aromatic heterocycles. The third kappa shape index (κ3) is 3.62. The number of fused-ring (bicyclic) bond motifs is 1. The Balaban J connectivity index is 1.66. The Kier molecular flexibility index (Phi) is 4.89. The second kappa shape index (κ2) is 7.09. The van der Waals surface area contributed by atoms with E-state index in [0.29, 0.717) is 5.56 Å². The van der Waals surface area contributed by atoms with Gasteiger partial charge in [-0.15, -0.1) is 11.3 Å². The molecule has 0 saturated heterocycles. The summed E-state index contributed by atoms with van der Waals surface area (Å²) in [5, 5.41) is 14.8. The van der Waals surface area contributed by atoms with Crippen molar-refractivity contribution in [2.75, 3.05) is 0 Å². The molecule has 1 atom stereocenters. The summed E-state index contributed by atoms with van der Waals surface area (Å²) in [4.78, 5) is 28.8. The molecule has 2 aromatic rings. The predicted molar refractivity (Wildman–Crippen MR) is 92.1 cm³/mol. The van der Waals surface area contributed by atoms with Gasteiger partial charge in [-0.25, -0.2) is 4.98 Å². The fourth-order valence-corrected chi connectivity index (χ4v) is 4.08. The smallest absolute Gasteiger partial charge is 0.273 e. The van der Waals surface area contributed by atoms with Gasteiger partial charge >= 0.3 is 0 Å². The molecule has 1 aliphatic rings. The van der Waals surface area contributed by atoms with Crippen molar-refractivity contribution in [3.05, 3.63) is 55.5 Å². The first kappa shape index (κ1) is 16.6. The number of benzene rings is 1. The van der Waals surface area contributed by atoms with Crippen LogP contribution in [0.5, 0.6) is 0 Å². The van der Waals surface area contributed by atoms with Gasteiger partial charge in [0.1, 0.15) is 5.01 Å². The minimum Gasteiger partial charge on any atom is -0.347 e. The Bertz CT molecular complexity index is 749. The number of aryl methyl sites for hydroxylation is 2. The molecule has 0 radical (unpaired) electrons. The first-order chi connectivity index (χ1) is 11.5. The van der Waals surface area contributed by atoms with Gasteiger partial charge in [-0.1, -0.05) is 18.2 Å². The number of thiazole rings is 1. The quantitative estimate of drug-likeness (QED) is 0.665. The molecule has 1 heterocycles. The van der Waals surface area contributed by atoms with Crippen molar-refractivity contribution in [2.45, 2.75) is 45.1 Å². The molecule has 7 heteroatoms. The largest absolute Gasteiger partial charge is 0.347 e. The standard InChI is InChI=1S/C17H19N3O3S/c1-11(17-19-13-7-3-5-9-15(13)24-17)18-16(21)10-12-6-2-4-8-14(12)20(22)23/h2,4,6,8,11H,3,5,7,9-10H2,1H3,(H,18,21). The number of nitro benzene ring substituents is 1. The lowest BCUT2D eigenvalue weighted by atomic mass is 10.0. The zero-order chi connectivity index (χ0) is 17.1. The van der Waals surface area contributed by atoms with E-state index in [2.05, 4.69) is 10.3 Å². The molecular weight excluding hydrogens is 326 g/mol. The zero-order valence-corrected chi connectivity index (χ0v) is 14.3. The van der Waals surface area contributed by atoms with Crippen molar-refractivity contribution < 1.29 is 9.72 Å². The monoisotopic (exact) mass is 345 g/mol. The Morgan fingerprint density at radius 2 is 2.12 bits per heavy atom. The Hall–Kier alpha value is -2.28. The highest BCUT2D eigenvalue weighted by atomic mass is 32.1. The van der Waals surface area contributed by atoms with E-state index in [1.807, 2.05) is 6.92 Å². The number of hydrogen-bond acceptors (Lipinski definition) is 5. The summed E-state index contributed by atoms with van der Waals surface area (Å²) < 4.78 is 0. The number of carbonyl (C=O) groups is 1. The van der Waals surface area contributed by atoms with E-state index in [1.165, 1.54) is 29.5 Å². The molecule has 0 spiro atoms. The Morgan fingerprint density at radius 1 is 1.38 bits per heavy atom. The van der Waals surface area contributed by atoms with Crippen molar-refractivity contribution in [3.8, 4) is 0 Å². The average Bonchev–Trinajstić information content (AvgIpc) is 2.99. The summed E-state index contributed by atoms with van der Waals surface area (Å²) in [5.74, 6) is -0.232. The van der Waals surface area contributed by atoms with Crippen molar-refractivity contribution in [3.63, 3.8) is 0 Å². The van der Waals surface area contributed by atoms with Crippen LogP contribution in [0, 0.1) is 10.1 Å². The fourth-order valence-electron chi connectivity index (χ4n) is 2.92. The van der Waals surface area contributed by atoms with Crippen molar-refractivity contribution in [1.82, 2.24) is 10.3 Å². The first-order valence-electron chi connectivity index (χ1n) is 8.04. The minimum atomic E-state index is -0.457. The summed E-state index contributed by atoms with van der Waals surface area (Å²) in [6.07, 6.45) is 4.46. The van der Waals surface area contributed by atoms with Crippen LogP contribution in [-0.2, 0) is 24.1 Å². The van der Waals surface area contributed by atoms with Gasteiger partial charge in [-0.05, 0) is 32.6 Å². The topological polar surface area (TPSA) is 85.1 Å². The van der Waals surface area contributed by atoms with E-state index in [-0.39, 0.29) is 24.1 Å². The van der Waals surface area contributed by atoms with Crippen molar-refractivity contribution in [1.29, 1.82) is 0 Å². The normalized spacial score (nSPS) is 14.7. The molecule has 1 N–H and O–H groups in total. The molecule has 0 saturated carbocycles. The van der Waals surface area contributed by atoms with Crippen LogP contribution < -0.4 is 5.32 Å². The highest BCUT2D eigenvalue weighted by Gasteiger charge is 2.21.